The second-order valence-corrected chi connectivity index (χ2v) is 5.62. The van der Waals surface area contributed by atoms with E-state index in [-0.39, 0.29) is 25.8 Å². The van der Waals surface area contributed by atoms with E-state index >= 15 is 0 Å². The molecule has 0 saturated carbocycles. The molecule has 0 heterocycles. The van der Waals surface area contributed by atoms with E-state index in [9.17, 15) is 14.4 Å². The minimum Gasteiger partial charge on any atom is -0.463 e. The van der Waals surface area contributed by atoms with Crippen LogP contribution in [0, 0.1) is 0 Å². The van der Waals surface area contributed by atoms with Crippen LogP contribution >= 0.6 is 0 Å². The average Bonchev–Trinajstić information content (AvgIpc) is 2.73. The van der Waals surface area contributed by atoms with Crippen LogP contribution in [0.15, 0.2) is 30.3 Å². The molecule has 0 fully saturated rings. The molecule has 1 rings (SSSR count). The summed E-state index contributed by atoms with van der Waals surface area (Å²) in [4.78, 5) is 33.9. The normalized spacial score (nSPS) is 10.5. The molecule has 9 nitrogen and oxygen atoms in total. The van der Waals surface area contributed by atoms with Gasteiger partial charge in [0.15, 0.2) is 0 Å². The highest BCUT2D eigenvalue weighted by Gasteiger charge is 2.16. The average molecular weight is 412 g/mol. The molecule has 0 radical (unpaired) electrons. The van der Waals surface area contributed by atoms with Crippen molar-refractivity contribution >= 4 is 17.7 Å². The minimum absolute atomic E-state index is 0.00201. The lowest BCUT2D eigenvalue weighted by atomic mass is 10.1. The number of ketones is 1. The topological polar surface area (TPSA) is 107 Å². The van der Waals surface area contributed by atoms with Gasteiger partial charge in [0.05, 0.1) is 52.9 Å². The van der Waals surface area contributed by atoms with Gasteiger partial charge in [0.1, 0.15) is 13.2 Å². The zero-order valence-electron chi connectivity index (χ0n) is 16.6. The molecule has 0 aliphatic carbocycles. The van der Waals surface area contributed by atoms with Crippen molar-refractivity contribution in [2.24, 2.45) is 0 Å². The van der Waals surface area contributed by atoms with E-state index in [1.54, 1.807) is 30.3 Å². The van der Waals surface area contributed by atoms with Gasteiger partial charge >= 0.3 is 11.9 Å². The summed E-state index contributed by atoms with van der Waals surface area (Å²) in [7, 11) is 0. The zero-order chi connectivity index (χ0) is 21.2. The Hall–Kier alpha value is -2.33. The van der Waals surface area contributed by atoms with Crippen LogP contribution in [-0.4, -0.2) is 83.8 Å². The van der Waals surface area contributed by atoms with Crippen LogP contribution in [0.2, 0.25) is 0 Å². The standard InChI is InChI=1S/C20H28O9/c1-17(21)28-15-13-26-11-9-24-7-8-25-10-12-27-14-16-29-20(23)19(22)18-5-3-2-4-6-18/h2-6H,7-16H2,1H3. The Morgan fingerprint density at radius 2 is 1.03 bits per heavy atom. The molecular formula is C20H28O9. The fraction of sp³-hybridized carbons (Fsp3) is 0.550. The Bertz CT molecular complexity index is 589. The van der Waals surface area contributed by atoms with Gasteiger partial charge in [0.2, 0.25) is 0 Å². The van der Waals surface area contributed by atoms with Crippen molar-refractivity contribution in [1.29, 1.82) is 0 Å². The Balaban J connectivity index is 1.83. The van der Waals surface area contributed by atoms with Crippen molar-refractivity contribution in [1.82, 2.24) is 0 Å². The highest BCUT2D eigenvalue weighted by Crippen LogP contribution is 2.01. The minimum atomic E-state index is -0.899. The van der Waals surface area contributed by atoms with Crippen molar-refractivity contribution in [3.8, 4) is 0 Å². The van der Waals surface area contributed by atoms with Gasteiger partial charge in [-0.1, -0.05) is 30.3 Å². The van der Waals surface area contributed by atoms with Crippen LogP contribution in [0.5, 0.6) is 0 Å². The molecule has 0 aliphatic rings. The number of hydrogen-bond donors (Lipinski definition) is 0. The molecule has 1 aromatic rings. The Morgan fingerprint density at radius 1 is 0.621 bits per heavy atom. The molecule has 0 atom stereocenters. The molecule has 0 spiro atoms. The number of Topliss-reactive ketones (excluding diaryl/α,β-unsaturated/α-hetero) is 1. The van der Waals surface area contributed by atoms with Gasteiger partial charge in [-0.25, -0.2) is 4.79 Å². The summed E-state index contributed by atoms with van der Waals surface area (Å²) in [5.41, 5.74) is 0.294. The number of carbonyl (C=O) groups excluding carboxylic acids is 3. The Morgan fingerprint density at radius 3 is 1.48 bits per heavy atom. The van der Waals surface area contributed by atoms with Gasteiger partial charge in [-0.2, -0.15) is 0 Å². The number of hydrogen-bond acceptors (Lipinski definition) is 9. The molecule has 0 bridgehead atoms. The monoisotopic (exact) mass is 412 g/mol. The summed E-state index contributed by atoms with van der Waals surface area (Å²) < 4.78 is 30.7. The molecule has 1 aromatic carbocycles. The first-order valence-electron chi connectivity index (χ1n) is 9.32. The summed E-state index contributed by atoms with van der Waals surface area (Å²) in [5, 5.41) is 0. The van der Waals surface area contributed by atoms with Gasteiger partial charge in [-0.15, -0.1) is 0 Å². The molecule has 0 N–H and O–H groups in total. The molecule has 0 aliphatic heterocycles. The fourth-order valence-electron chi connectivity index (χ4n) is 1.97. The number of carbonyl (C=O) groups is 3. The lowest BCUT2D eigenvalue weighted by molar-refractivity contribution is -0.142. The SMILES string of the molecule is CC(=O)OCCOCCOCCOCCOCCOC(=O)C(=O)c1ccccc1. The quantitative estimate of drug-likeness (QED) is 0.161. The number of esters is 2. The highest BCUT2D eigenvalue weighted by atomic mass is 16.6. The second kappa shape index (κ2) is 16.6. The molecule has 0 amide bonds. The van der Waals surface area contributed by atoms with Crippen molar-refractivity contribution in [2.45, 2.75) is 6.92 Å². The Kier molecular flexibility index (Phi) is 14.2. The van der Waals surface area contributed by atoms with Crippen molar-refractivity contribution in [3.63, 3.8) is 0 Å². The molecule has 162 valence electrons. The molecule has 9 heteroatoms. The van der Waals surface area contributed by atoms with E-state index in [0.29, 0.717) is 51.8 Å². The first-order valence-corrected chi connectivity index (χ1v) is 9.32. The summed E-state index contributed by atoms with van der Waals surface area (Å²) in [6, 6.07) is 8.22. The summed E-state index contributed by atoms with van der Waals surface area (Å²) >= 11 is 0. The lowest BCUT2D eigenvalue weighted by Gasteiger charge is -2.08. The second-order valence-electron chi connectivity index (χ2n) is 5.62. The lowest BCUT2D eigenvalue weighted by Crippen LogP contribution is -2.20. The van der Waals surface area contributed by atoms with Crippen LogP contribution < -0.4 is 0 Å². The predicted molar refractivity (Wildman–Crippen MR) is 102 cm³/mol. The maximum Gasteiger partial charge on any atom is 0.379 e. The number of ether oxygens (including phenoxy) is 6. The Labute approximate surface area is 170 Å². The van der Waals surface area contributed by atoms with Crippen LogP contribution in [-0.2, 0) is 38.0 Å². The third-order valence-electron chi connectivity index (χ3n) is 3.33. The maximum atomic E-state index is 11.8. The van der Waals surface area contributed by atoms with E-state index in [0.717, 1.165) is 0 Å². The van der Waals surface area contributed by atoms with Crippen LogP contribution in [0.25, 0.3) is 0 Å². The molecule has 0 aromatic heterocycles. The number of benzene rings is 1. The fourth-order valence-corrected chi connectivity index (χ4v) is 1.97. The molecule has 29 heavy (non-hydrogen) atoms. The zero-order valence-corrected chi connectivity index (χ0v) is 16.6. The van der Waals surface area contributed by atoms with Crippen LogP contribution in [0.3, 0.4) is 0 Å². The number of rotatable bonds is 17. The van der Waals surface area contributed by atoms with E-state index in [1.807, 2.05) is 0 Å². The van der Waals surface area contributed by atoms with Crippen LogP contribution in [0.4, 0.5) is 0 Å². The van der Waals surface area contributed by atoms with Gasteiger partial charge in [-0.05, 0) is 0 Å². The van der Waals surface area contributed by atoms with Gasteiger partial charge in [-0.3, -0.25) is 9.59 Å². The first-order chi connectivity index (χ1) is 14.1. The van der Waals surface area contributed by atoms with Gasteiger partial charge in [0.25, 0.3) is 5.78 Å². The molecule has 0 saturated heterocycles. The predicted octanol–water partition coefficient (Wildman–Crippen LogP) is 1.04. The third-order valence-corrected chi connectivity index (χ3v) is 3.33. The van der Waals surface area contributed by atoms with Crippen molar-refractivity contribution in [3.05, 3.63) is 35.9 Å². The summed E-state index contributed by atoms with van der Waals surface area (Å²) in [6.07, 6.45) is 0. The summed E-state index contributed by atoms with van der Waals surface area (Å²) in [6.45, 7) is 4.48. The smallest absolute Gasteiger partial charge is 0.379 e. The largest absolute Gasteiger partial charge is 0.463 e. The van der Waals surface area contributed by atoms with E-state index in [1.165, 1.54) is 6.92 Å². The van der Waals surface area contributed by atoms with Crippen LogP contribution in [0.1, 0.15) is 17.3 Å². The third kappa shape index (κ3) is 13.5. The highest BCUT2D eigenvalue weighted by molar-refractivity contribution is 6.40. The van der Waals surface area contributed by atoms with Crippen molar-refractivity contribution in [2.75, 3.05) is 66.1 Å². The summed E-state index contributed by atoms with van der Waals surface area (Å²) in [5.74, 6) is -1.91. The van der Waals surface area contributed by atoms with Crippen molar-refractivity contribution < 1.29 is 42.8 Å². The van der Waals surface area contributed by atoms with Gasteiger partial charge in [0, 0.05) is 12.5 Å². The van der Waals surface area contributed by atoms with E-state index in [4.69, 9.17) is 28.4 Å². The molecular weight excluding hydrogens is 384 g/mol. The van der Waals surface area contributed by atoms with E-state index in [2.05, 4.69) is 0 Å². The van der Waals surface area contributed by atoms with Gasteiger partial charge < -0.3 is 28.4 Å². The first kappa shape index (κ1) is 24.7. The van der Waals surface area contributed by atoms with E-state index < -0.39 is 11.8 Å². The maximum absolute atomic E-state index is 11.8. The molecule has 0 unspecified atom stereocenters.